The molecule has 0 atom stereocenters. The quantitative estimate of drug-likeness (QED) is 0.792. The summed E-state index contributed by atoms with van der Waals surface area (Å²) in [6.45, 7) is 8.69. The first-order valence-electron chi connectivity index (χ1n) is 5.91. The van der Waals surface area contributed by atoms with Gasteiger partial charge in [-0.15, -0.1) is 0 Å². The van der Waals surface area contributed by atoms with E-state index in [9.17, 15) is 0 Å². The normalized spacial score (nSPS) is 15.4. The summed E-state index contributed by atoms with van der Waals surface area (Å²) in [5.74, 6) is 0. The summed E-state index contributed by atoms with van der Waals surface area (Å²) in [5, 5.41) is 2.90. The van der Waals surface area contributed by atoms with Crippen molar-refractivity contribution in [3.8, 4) is 0 Å². The van der Waals surface area contributed by atoms with Crippen molar-refractivity contribution in [1.82, 2.24) is 0 Å². The number of rotatable bonds is 3. The minimum absolute atomic E-state index is 0.500. The predicted molar refractivity (Wildman–Crippen MR) is 64.4 cm³/mol. The molecule has 3 heteroatoms. The molecule has 0 radical (unpaired) electrons. The molecule has 0 unspecified atom stereocenters. The molecule has 1 fully saturated rings. The van der Waals surface area contributed by atoms with Gasteiger partial charge in [-0.25, -0.2) is 0 Å². The molecule has 1 saturated heterocycles. The largest absolute Gasteiger partial charge is 0.372 e. The third kappa shape index (κ3) is 2.20. The van der Waals surface area contributed by atoms with Crippen molar-refractivity contribution in [2.45, 2.75) is 13.8 Å². The molecule has 3 rings (SSSR count). The van der Waals surface area contributed by atoms with E-state index in [2.05, 4.69) is 36.9 Å². The van der Waals surface area contributed by atoms with Crippen molar-refractivity contribution in [2.24, 2.45) is 0 Å². The lowest BCUT2D eigenvalue weighted by molar-refractivity contribution is 0.0692. The van der Waals surface area contributed by atoms with Crippen LogP contribution in [0, 0.1) is 10.4 Å². The summed E-state index contributed by atoms with van der Waals surface area (Å²) in [5.41, 5.74) is 1.44. The van der Waals surface area contributed by atoms with Crippen LogP contribution in [0.25, 0.3) is 0 Å². The van der Waals surface area contributed by atoms with Crippen LogP contribution in [-0.2, 0) is 9.47 Å². The van der Waals surface area contributed by atoms with Gasteiger partial charge >= 0.3 is 0 Å². The van der Waals surface area contributed by atoms with Gasteiger partial charge in [0.25, 0.3) is 0 Å². The van der Waals surface area contributed by atoms with E-state index < -0.39 is 0 Å². The molecule has 88 valence electrons. The Bertz CT molecular complexity index is 414. The topological polar surface area (TPSA) is 21.7 Å². The maximum Gasteiger partial charge on any atom is 0.146 e. The molecule has 1 aliphatic heterocycles. The lowest BCUT2D eigenvalue weighted by Gasteiger charge is -2.25. The number of anilines is 1. The number of benzene rings is 1. The third-order valence-corrected chi connectivity index (χ3v) is 2.95. The second-order valence-electron chi connectivity index (χ2n) is 3.84. The minimum atomic E-state index is 0.500. The Hall–Kier alpha value is -1.06. The van der Waals surface area contributed by atoms with E-state index in [4.69, 9.17) is 9.47 Å². The zero-order valence-corrected chi connectivity index (χ0v) is 10.0. The van der Waals surface area contributed by atoms with Crippen LogP contribution in [-0.4, -0.2) is 33.1 Å². The first kappa shape index (κ1) is 11.4. The SMILES string of the molecule is C1COCO1.CCN(CC)c1cc2ccc1=2. The molecule has 0 saturated carbocycles. The summed E-state index contributed by atoms with van der Waals surface area (Å²) in [6, 6.07) is 6.63. The van der Waals surface area contributed by atoms with Crippen LogP contribution in [0.15, 0.2) is 18.2 Å². The Morgan fingerprint density at radius 2 is 1.81 bits per heavy atom. The van der Waals surface area contributed by atoms with E-state index in [1.165, 1.54) is 16.1 Å². The molecule has 2 aliphatic carbocycles. The van der Waals surface area contributed by atoms with Gasteiger partial charge in [-0.2, -0.15) is 0 Å². The number of ether oxygens (including phenoxy) is 2. The van der Waals surface area contributed by atoms with Crippen molar-refractivity contribution in [3.05, 3.63) is 28.6 Å². The monoisotopic (exact) mass is 221 g/mol. The van der Waals surface area contributed by atoms with E-state index in [1.807, 2.05) is 0 Å². The van der Waals surface area contributed by atoms with Crippen LogP contribution in [0.4, 0.5) is 5.69 Å². The Balaban J connectivity index is 0.000000162. The second kappa shape index (κ2) is 5.32. The molecule has 3 aliphatic rings. The predicted octanol–water partition coefficient (Wildman–Crippen LogP) is 2.12. The molecular formula is C13H19NO2. The van der Waals surface area contributed by atoms with Gasteiger partial charge in [0.1, 0.15) is 6.79 Å². The van der Waals surface area contributed by atoms with Crippen molar-refractivity contribution >= 4 is 5.69 Å². The summed E-state index contributed by atoms with van der Waals surface area (Å²) in [7, 11) is 0. The molecule has 0 spiro atoms. The third-order valence-electron chi connectivity index (χ3n) is 2.95. The summed E-state index contributed by atoms with van der Waals surface area (Å²) in [4.78, 5) is 2.39. The van der Waals surface area contributed by atoms with Crippen LogP contribution in [0.2, 0.25) is 0 Å². The molecule has 0 aromatic rings. The van der Waals surface area contributed by atoms with E-state index in [1.54, 1.807) is 0 Å². The number of hydrogen-bond donors (Lipinski definition) is 0. The zero-order valence-electron chi connectivity index (χ0n) is 10.0. The summed E-state index contributed by atoms with van der Waals surface area (Å²) in [6.07, 6.45) is 0. The lowest BCUT2D eigenvalue weighted by atomic mass is 10.0. The summed E-state index contributed by atoms with van der Waals surface area (Å²) >= 11 is 0. The summed E-state index contributed by atoms with van der Waals surface area (Å²) < 4.78 is 9.44. The Morgan fingerprint density at radius 3 is 2.06 bits per heavy atom. The average Bonchev–Trinajstić information content (AvgIpc) is 2.84. The maximum atomic E-state index is 4.72. The highest BCUT2D eigenvalue weighted by Gasteiger charge is 2.09. The second-order valence-corrected chi connectivity index (χ2v) is 3.84. The van der Waals surface area contributed by atoms with Crippen molar-refractivity contribution < 1.29 is 9.47 Å². The van der Waals surface area contributed by atoms with Gasteiger partial charge in [0.05, 0.1) is 13.2 Å². The average molecular weight is 221 g/mol. The van der Waals surface area contributed by atoms with Gasteiger partial charge in [0, 0.05) is 24.0 Å². The van der Waals surface area contributed by atoms with Gasteiger partial charge in [0.15, 0.2) is 0 Å². The Kier molecular flexibility index (Phi) is 3.80. The van der Waals surface area contributed by atoms with Gasteiger partial charge in [-0.3, -0.25) is 0 Å². The highest BCUT2D eigenvalue weighted by molar-refractivity contribution is 5.56. The van der Waals surface area contributed by atoms with Gasteiger partial charge in [0.2, 0.25) is 0 Å². The fourth-order valence-electron chi connectivity index (χ4n) is 1.89. The molecule has 0 bridgehead atoms. The minimum Gasteiger partial charge on any atom is -0.372 e. The standard InChI is InChI=1S/C10H13N.C3H6O2/c1-3-11(4-2)10-7-8-5-6-9(8)10;1-2-5-3-4-1/h5-7H,3-4H2,1-2H3;1-3H2. The number of nitrogens with zero attached hydrogens (tertiary/aromatic N) is 1. The fourth-order valence-corrected chi connectivity index (χ4v) is 1.89. The smallest absolute Gasteiger partial charge is 0.146 e. The molecule has 0 amide bonds. The van der Waals surface area contributed by atoms with Crippen molar-refractivity contribution in [2.75, 3.05) is 38.0 Å². The first-order valence-corrected chi connectivity index (χ1v) is 5.91. The lowest BCUT2D eigenvalue weighted by Crippen LogP contribution is -2.23. The molecule has 0 aromatic carbocycles. The van der Waals surface area contributed by atoms with Gasteiger partial charge in [-0.1, -0.05) is 12.1 Å². The Labute approximate surface area is 96.3 Å². The van der Waals surface area contributed by atoms with Gasteiger partial charge in [-0.05, 0) is 25.1 Å². The molecule has 16 heavy (non-hydrogen) atoms. The first-order chi connectivity index (χ1) is 7.86. The highest BCUT2D eigenvalue weighted by atomic mass is 16.7. The van der Waals surface area contributed by atoms with Crippen LogP contribution < -0.4 is 4.90 Å². The van der Waals surface area contributed by atoms with E-state index in [-0.39, 0.29) is 0 Å². The highest BCUT2D eigenvalue weighted by Crippen LogP contribution is 2.25. The molecular weight excluding hydrogens is 202 g/mol. The van der Waals surface area contributed by atoms with Crippen LogP contribution in [0.1, 0.15) is 13.8 Å². The van der Waals surface area contributed by atoms with E-state index >= 15 is 0 Å². The van der Waals surface area contributed by atoms with E-state index in [0.29, 0.717) is 6.79 Å². The van der Waals surface area contributed by atoms with Crippen LogP contribution >= 0.6 is 0 Å². The maximum absolute atomic E-state index is 4.72. The molecule has 0 aromatic heterocycles. The molecule has 3 nitrogen and oxygen atoms in total. The van der Waals surface area contributed by atoms with Crippen molar-refractivity contribution in [3.63, 3.8) is 0 Å². The fraction of sp³-hybridized carbons (Fsp3) is 0.538. The van der Waals surface area contributed by atoms with E-state index in [0.717, 1.165) is 26.3 Å². The van der Waals surface area contributed by atoms with Crippen molar-refractivity contribution in [1.29, 1.82) is 0 Å². The molecule has 1 heterocycles. The van der Waals surface area contributed by atoms with Crippen LogP contribution in [0.3, 0.4) is 0 Å². The van der Waals surface area contributed by atoms with Gasteiger partial charge < -0.3 is 14.4 Å². The molecule has 0 N–H and O–H groups in total. The number of hydrogen-bond acceptors (Lipinski definition) is 3. The Morgan fingerprint density at radius 1 is 1.12 bits per heavy atom. The zero-order chi connectivity index (χ0) is 11.4. The van der Waals surface area contributed by atoms with Crippen LogP contribution in [0.5, 0.6) is 0 Å².